The molecule has 1 aromatic rings. The van der Waals surface area contributed by atoms with Gasteiger partial charge in [0.1, 0.15) is 10.3 Å². The lowest BCUT2D eigenvalue weighted by atomic mass is 10.1. The fraction of sp³-hybridized carbons (Fsp3) is 0.538. The third-order valence-electron chi connectivity index (χ3n) is 3.19. The van der Waals surface area contributed by atoms with Crippen LogP contribution in [0, 0.1) is 0 Å². The number of aromatic nitrogens is 1. The number of halogens is 2. The zero-order valence-electron chi connectivity index (χ0n) is 10.2. The largest absolute Gasteiger partial charge is 0.339 e. The molecule has 1 saturated heterocycles. The molecule has 1 fully saturated rings. The van der Waals surface area contributed by atoms with Gasteiger partial charge < -0.3 is 4.90 Å². The highest BCUT2D eigenvalue weighted by atomic mass is 35.5. The predicted octanol–water partition coefficient (Wildman–Crippen LogP) is 3.79. The maximum absolute atomic E-state index is 12.4. The molecule has 98 valence electrons. The topological polar surface area (TPSA) is 33.2 Å². The first-order valence-electron chi connectivity index (χ1n) is 6.30. The molecule has 0 radical (unpaired) electrons. The van der Waals surface area contributed by atoms with Crippen LogP contribution in [-0.2, 0) is 0 Å². The quantitative estimate of drug-likeness (QED) is 0.736. The minimum absolute atomic E-state index is 0.0360. The Labute approximate surface area is 117 Å². The second kappa shape index (κ2) is 6.39. The summed E-state index contributed by atoms with van der Waals surface area (Å²) < 4.78 is 0. The highest BCUT2D eigenvalue weighted by molar-refractivity contribution is 6.34. The van der Waals surface area contributed by atoms with Crippen LogP contribution in [0.1, 0.15) is 42.5 Å². The number of amides is 1. The van der Waals surface area contributed by atoms with Crippen molar-refractivity contribution in [3.8, 4) is 0 Å². The summed E-state index contributed by atoms with van der Waals surface area (Å²) in [7, 11) is 0. The zero-order chi connectivity index (χ0) is 13.0. The van der Waals surface area contributed by atoms with E-state index in [2.05, 4.69) is 4.98 Å². The van der Waals surface area contributed by atoms with Gasteiger partial charge in [-0.15, -0.1) is 0 Å². The number of hydrogen-bond acceptors (Lipinski definition) is 2. The molecule has 0 spiro atoms. The van der Waals surface area contributed by atoms with E-state index < -0.39 is 0 Å². The Morgan fingerprint density at radius 3 is 2.28 bits per heavy atom. The monoisotopic (exact) mass is 286 g/mol. The molecule has 0 aliphatic carbocycles. The minimum atomic E-state index is -0.0360. The molecule has 0 aromatic carbocycles. The van der Waals surface area contributed by atoms with Gasteiger partial charge in [-0.2, -0.15) is 0 Å². The summed E-state index contributed by atoms with van der Waals surface area (Å²) in [6.45, 7) is 1.61. The molecule has 0 saturated carbocycles. The van der Waals surface area contributed by atoms with Gasteiger partial charge in [-0.1, -0.05) is 42.5 Å². The summed E-state index contributed by atoms with van der Waals surface area (Å²) in [6.07, 6.45) is 5.77. The third kappa shape index (κ3) is 3.36. The van der Waals surface area contributed by atoms with Crippen molar-refractivity contribution in [3.63, 3.8) is 0 Å². The lowest BCUT2D eigenvalue weighted by molar-refractivity contribution is 0.0742. The van der Waals surface area contributed by atoms with E-state index >= 15 is 0 Å². The highest BCUT2D eigenvalue weighted by Gasteiger charge is 2.19. The second-order valence-corrected chi connectivity index (χ2v) is 5.28. The summed E-state index contributed by atoms with van der Waals surface area (Å²) in [5, 5.41) is 0.499. The van der Waals surface area contributed by atoms with Crippen LogP contribution in [0.2, 0.25) is 10.3 Å². The number of hydrogen-bond donors (Lipinski definition) is 0. The van der Waals surface area contributed by atoms with Crippen LogP contribution >= 0.6 is 23.2 Å². The first kappa shape index (κ1) is 13.6. The molecular weight excluding hydrogens is 271 g/mol. The Bertz CT molecular complexity index is 429. The first-order valence-corrected chi connectivity index (χ1v) is 7.05. The molecule has 2 heterocycles. The van der Waals surface area contributed by atoms with Crippen molar-refractivity contribution < 1.29 is 4.79 Å². The molecule has 18 heavy (non-hydrogen) atoms. The van der Waals surface area contributed by atoms with E-state index in [0.29, 0.717) is 10.7 Å². The summed E-state index contributed by atoms with van der Waals surface area (Å²) >= 11 is 11.7. The Hall–Kier alpha value is -0.800. The Morgan fingerprint density at radius 2 is 1.67 bits per heavy atom. The smallest absolute Gasteiger partial charge is 0.256 e. The van der Waals surface area contributed by atoms with Gasteiger partial charge in [0, 0.05) is 13.1 Å². The molecule has 2 rings (SSSR count). The Balaban J connectivity index is 2.13. The number of pyridine rings is 1. The summed E-state index contributed by atoms with van der Waals surface area (Å²) in [5.41, 5.74) is 0.446. The van der Waals surface area contributed by atoms with Crippen molar-refractivity contribution in [2.75, 3.05) is 13.1 Å². The van der Waals surface area contributed by atoms with Gasteiger partial charge in [0.15, 0.2) is 0 Å². The fourth-order valence-corrected chi connectivity index (χ4v) is 2.62. The number of nitrogens with zero attached hydrogens (tertiary/aromatic N) is 2. The third-order valence-corrected chi connectivity index (χ3v) is 3.69. The molecule has 0 atom stereocenters. The molecule has 1 amide bonds. The van der Waals surface area contributed by atoms with E-state index in [9.17, 15) is 4.79 Å². The average molecular weight is 287 g/mol. The molecule has 1 aliphatic rings. The van der Waals surface area contributed by atoms with Crippen LogP contribution < -0.4 is 0 Å². The summed E-state index contributed by atoms with van der Waals surface area (Å²) in [5.74, 6) is -0.0360. The van der Waals surface area contributed by atoms with Gasteiger partial charge in [0.05, 0.1) is 5.56 Å². The predicted molar refractivity (Wildman–Crippen MR) is 73.2 cm³/mol. The van der Waals surface area contributed by atoms with Crippen LogP contribution in [0.15, 0.2) is 12.1 Å². The van der Waals surface area contributed by atoms with Crippen LogP contribution in [0.3, 0.4) is 0 Å². The lowest BCUT2D eigenvalue weighted by Gasteiger charge is -2.25. The molecular formula is C13H16Cl2N2O. The van der Waals surface area contributed by atoms with Crippen molar-refractivity contribution in [3.05, 3.63) is 28.0 Å². The van der Waals surface area contributed by atoms with Crippen molar-refractivity contribution in [1.82, 2.24) is 9.88 Å². The molecule has 0 bridgehead atoms. The maximum Gasteiger partial charge on any atom is 0.256 e. The second-order valence-electron chi connectivity index (χ2n) is 4.53. The number of rotatable bonds is 1. The molecule has 1 aromatic heterocycles. The van der Waals surface area contributed by atoms with E-state index in [0.717, 1.165) is 25.9 Å². The van der Waals surface area contributed by atoms with Gasteiger partial charge >= 0.3 is 0 Å². The van der Waals surface area contributed by atoms with E-state index in [4.69, 9.17) is 23.2 Å². The molecule has 0 N–H and O–H groups in total. The van der Waals surface area contributed by atoms with Crippen molar-refractivity contribution in [2.24, 2.45) is 0 Å². The number of likely N-dealkylation sites (tertiary alicyclic amines) is 1. The number of carbonyl (C=O) groups excluding carboxylic acids is 1. The summed E-state index contributed by atoms with van der Waals surface area (Å²) in [4.78, 5) is 18.1. The molecule has 0 unspecified atom stereocenters. The Kier molecular flexibility index (Phi) is 4.84. The van der Waals surface area contributed by atoms with Crippen LogP contribution in [-0.4, -0.2) is 28.9 Å². The Morgan fingerprint density at radius 1 is 1.06 bits per heavy atom. The van der Waals surface area contributed by atoms with Gasteiger partial charge in [-0.3, -0.25) is 4.79 Å². The lowest BCUT2D eigenvalue weighted by Crippen LogP contribution is -2.34. The van der Waals surface area contributed by atoms with Crippen LogP contribution in [0.4, 0.5) is 0 Å². The highest BCUT2D eigenvalue weighted by Crippen LogP contribution is 2.20. The van der Waals surface area contributed by atoms with Crippen LogP contribution in [0.25, 0.3) is 0 Å². The summed E-state index contributed by atoms with van der Waals surface area (Å²) in [6, 6.07) is 3.25. The van der Waals surface area contributed by atoms with Gasteiger partial charge in [0.25, 0.3) is 5.91 Å². The zero-order valence-corrected chi connectivity index (χ0v) is 11.7. The molecule has 5 heteroatoms. The molecule has 1 aliphatic heterocycles. The standard InChI is InChI=1S/C13H16Cl2N2O/c14-11-7-6-10(12(15)16-11)13(18)17-8-4-2-1-3-5-9-17/h6-7H,1-5,8-9H2. The van der Waals surface area contributed by atoms with Gasteiger partial charge in [-0.25, -0.2) is 4.98 Å². The van der Waals surface area contributed by atoms with Gasteiger partial charge in [-0.05, 0) is 25.0 Å². The number of carbonyl (C=O) groups is 1. The SMILES string of the molecule is O=C(c1ccc(Cl)nc1Cl)N1CCCCCCC1. The van der Waals surface area contributed by atoms with Crippen molar-refractivity contribution >= 4 is 29.1 Å². The maximum atomic E-state index is 12.4. The minimum Gasteiger partial charge on any atom is -0.339 e. The van der Waals surface area contributed by atoms with E-state index in [-0.39, 0.29) is 11.1 Å². The fourth-order valence-electron chi connectivity index (χ4n) is 2.19. The van der Waals surface area contributed by atoms with Crippen LogP contribution in [0.5, 0.6) is 0 Å². The molecule has 3 nitrogen and oxygen atoms in total. The van der Waals surface area contributed by atoms with E-state index in [1.54, 1.807) is 12.1 Å². The van der Waals surface area contributed by atoms with Crippen molar-refractivity contribution in [2.45, 2.75) is 32.1 Å². The average Bonchev–Trinajstić information content (AvgIpc) is 2.27. The van der Waals surface area contributed by atoms with Crippen molar-refractivity contribution in [1.29, 1.82) is 0 Å². The van der Waals surface area contributed by atoms with E-state index in [1.165, 1.54) is 19.3 Å². The normalized spacial score (nSPS) is 17.1. The van der Waals surface area contributed by atoms with Gasteiger partial charge in [0.2, 0.25) is 0 Å². The first-order chi connectivity index (χ1) is 8.68. The van der Waals surface area contributed by atoms with E-state index in [1.807, 2.05) is 4.90 Å².